The zero-order valence-corrected chi connectivity index (χ0v) is 21.7. The quantitative estimate of drug-likeness (QED) is 0.346. The van der Waals surface area contributed by atoms with Gasteiger partial charge in [-0.05, 0) is 48.7 Å². The van der Waals surface area contributed by atoms with Gasteiger partial charge in [-0.25, -0.2) is 0 Å². The van der Waals surface area contributed by atoms with Crippen LogP contribution >= 0.6 is 22.9 Å². The summed E-state index contributed by atoms with van der Waals surface area (Å²) in [5, 5.41) is 0.569. The Balaban J connectivity index is 1.46. The van der Waals surface area contributed by atoms with E-state index in [9.17, 15) is 9.59 Å². The Kier molecular flexibility index (Phi) is 8.45. The van der Waals surface area contributed by atoms with Crippen LogP contribution in [0, 0.1) is 0 Å². The van der Waals surface area contributed by atoms with Crippen molar-refractivity contribution in [3.63, 3.8) is 0 Å². The number of unbranched alkanes of at least 4 members (excludes halogenated alkanes) is 1. The van der Waals surface area contributed by atoms with E-state index in [-0.39, 0.29) is 19.1 Å². The first-order valence-electron chi connectivity index (χ1n) is 11.7. The Morgan fingerprint density at radius 3 is 2.75 bits per heavy atom. The minimum Gasteiger partial charge on any atom is -0.493 e. The summed E-state index contributed by atoms with van der Waals surface area (Å²) < 4.78 is 16.9. The molecule has 1 aromatic carbocycles. The van der Waals surface area contributed by atoms with Gasteiger partial charge in [-0.15, -0.1) is 11.3 Å². The molecule has 0 fully saturated rings. The van der Waals surface area contributed by atoms with E-state index in [0.29, 0.717) is 40.1 Å². The smallest absolute Gasteiger partial charge is 0.320 e. The third kappa shape index (κ3) is 5.80. The van der Waals surface area contributed by atoms with Crippen molar-refractivity contribution in [2.75, 3.05) is 25.2 Å². The third-order valence-corrected chi connectivity index (χ3v) is 7.20. The SMILES string of the molecule is CCCC[C@H](COc1ccc(N2Cc3cc(-c4ccc(Cl)cn4)sc3C2=O)cc1OC)OC(=O)CN. The van der Waals surface area contributed by atoms with Crippen LogP contribution in [0.25, 0.3) is 10.6 Å². The molecule has 0 bridgehead atoms. The molecule has 3 heterocycles. The van der Waals surface area contributed by atoms with Crippen molar-refractivity contribution in [1.82, 2.24) is 4.98 Å². The van der Waals surface area contributed by atoms with Gasteiger partial charge in [-0.1, -0.05) is 24.9 Å². The Morgan fingerprint density at radius 1 is 1.25 bits per heavy atom. The summed E-state index contributed by atoms with van der Waals surface area (Å²) >= 11 is 7.36. The van der Waals surface area contributed by atoms with Crippen molar-refractivity contribution < 1.29 is 23.8 Å². The molecule has 1 aliphatic rings. The van der Waals surface area contributed by atoms with Crippen molar-refractivity contribution in [1.29, 1.82) is 0 Å². The van der Waals surface area contributed by atoms with Crippen molar-refractivity contribution in [2.24, 2.45) is 5.73 Å². The van der Waals surface area contributed by atoms with Gasteiger partial charge in [0.05, 0.1) is 40.7 Å². The Labute approximate surface area is 218 Å². The van der Waals surface area contributed by atoms with Gasteiger partial charge in [-0.2, -0.15) is 0 Å². The maximum absolute atomic E-state index is 13.2. The number of carbonyl (C=O) groups is 2. The second-order valence-corrected chi connectivity index (χ2v) is 9.81. The minimum atomic E-state index is -0.461. The van der Waals surface area contributed by atoms with E-state index >= 15 is 0 Å². The van der Waals surface area contributed by atoms with E-state index < -0.39 is 12.1 Å². The van der Waals surface area contributed by atoms with Crippen molar-refractivity contribution in [3.8, 4) is 22.1 Å². The largest absolute Gasteiger partial charge is 0.493 e. The molecule has 0 radical (unpaired) electrons. The number of methoxy groups -OCH3 is 1. The number of nitrogens with zero attached hydrogens (tertiary/aromatic N) is 2. The molecule has 2 aromatic heterocycles. The van der Waals surface area contributed by atoms with Gasteiger partial charge in [-0.3, -0.25) is 14.6 Å². The number of fused-ring (bicyclic) bond motifs is 1. The topological polar surface area (TPSA) is 104 Å². The fraction of sp³-hybridized carbons (Fsp3) is 0.346. The fourth-order valence-electron chi connectivity index (χ4n) is 3.92. The number of anilines is 1. The fourth-order valence-corrected chi connectivity index (χ4v) is 5.13. The van der Waals surface area contributed by atoms with Gasteiger partial charge in [0.1, 0.15) is 12.7 Å². The van der Waals surface area contributed by atoms with Gasteiger partial charge in [0.15, 0.2) is 11.5 Å². The average Bonchev–Trinajstić information content (AvgIpc) is 3.45. The summed E-state index contributed by atoms with van der Waals surface area (Å²) in [5.41, 5.74) is 7.83. The number of hydrogen-bond donors (Lipinski definition) is 1. The van der Waals surface area contributed by atoms with Gasteiger partial charge in [0, 0.05) is 18.0 Å². The molecule has 1 atom stereocenters. The zero-order chi connectivity index (χ0) is 25.7. The standard InChI is InChI=1S/C26H28ClN3O5S/c1-3-4-5-19(35-24(31)12-28)15-34-21-9-7-18(11-22(21)33-2)30-14-16-10-23(36-25(16)26(30)32)20-8-6-17(27)13-29-20/h6-11,13,19H,3-5,12,14-15,28H2,1-2H3/t19-/m1/s1. The van der Waals surface area contributed by atoms with Gasteiger partial charge >= 0.3 is 5.97 Å². The van der Waals surface area contributed by atoms with E-state index in [1.54, 1.807) is 36.4 Å². The molecule has 0 aliphatic carbocycles. The molecule has 1 amide bonds. The van der Waals surface area contributed by atoms with E-state index in [0.717, 1.165) is 29.0 Å². The third-order valence-electron chi connectivity index (χ3n) is 5.78. The molecule has 0 unspecified atom stereocenters. The summed E-state index contributed by atoms with van der Waals surface area (Å²) in [4.78, 5) is 32.5. The molecule has 190 valence electrons. The summed E-state index contributed by atoms with van der Waals surface area (Å²) in [7, 11) is 1.54. The number of halogens is 1. The van der Waals surface area contributed by atoms with Crippen LogP contribution in [-0.4, -0.2) is 43.2 Å². The number of aromatic nitrogens is 1. The highest BCUT2D eigenvalue weighted by Crippen LogP contribution is 2.40. The van der Waals surface area contributed by atoms with Crippen LogP contribution in [0.4, 0.5) is 5.69 Å². The predicted molar refractivity (Wildman–Crippen MR) is 140 cm³/mol. The predicted octanol–water partition coefficient (Wildman–Crippen LogP) is 5.07. The average molecular weight is 530 g/mol. The lowest BCUT2D eigenvalue weighted by Gasteiger charge is -2.21. The van der Waals surface area contributed by atoms with Gasteiger partial charge in [0.25, 0.3) is 5.91 Å². The van der Waals surface area contributed by atoms with Crippen LogP contribution in [-0.2, 0) is 16.1 Å². The highest BCUT2D eigenvalue weighted by atomic mass is 35.5. The molecule has 3 aromatic rings. The number of rotatable bonds is 11. The second kappa shape index (κ2) is 11.7. The normalized spacial score (nSPS) is 13.4. The first-order chi connectivity index (χ1) is 17.4. The van der Waals surface area contributed by atoms with E-state index in [1.165, 1.54) is 11.3 Å². The number of carbonyl (C=O) groups excluding carboxylic acids is 2. The highest BCUT2D eigenvalue weighted by Gasteiger charge is 2.32. The Hall–Kier alpha value is -3.14. The number of hydrogen-bond acceptors (Lipinski definition) is 8. The number of pyridine rings is 1. The van der Waals surface area contributed by atoms with Crippen LogP contribution < -0.4 is 20.1 Å². The summed E-state index contributed by atoms with van der Waals surface area (Å²) in [6.45, 7) is 2.53. The lowest BCUT2D eigenvalue weighted by molar-refractivity contribution is -0.149. The molecule has 0 saturated carbocycles. The number of benzene rings is 1. The van der Waals surface area contributed by atoms with Crippen LogP contribution in [0.2, 0.25) is 5.02 Å². The summed E-state index contributed by atoms with van der Waals surface area (Å²) in [5.74, 6) is 0.460. The van der Waals surface area contributed by atoms with Crippen molar-refractivity contribution in [3.05, 3.63) is 58.1 Å². The van der Waals surface area contributed by atoms with Crippen LogP contribution in [0.5, 0.6) is 11.5 Å². The number of amides is 1. The monoisotopic (exact) mass is 529 g/mol. The molecular formula is C26H28ClN3O5S. The van der Waals surface area contributed by atoms with Gasteiger partial charge in [0.2, 0.25) is 0 Å². The molecule has 8 nitrogen and oxygen atoms in total. The molecule has 2 N–H and O–H groups in total. The first kappa shape index (κ1) is 25.9. The Bertz CT molecular complexity index is 1230. The highest BCUT2D eigenvalue weighted by molar-refractivity contribution is 7.17. The number of ether oxygens (including phenoxy) is 3. The lowest BCUT2D eigenvalue weighted by Crippen LogP contribution is -2.28. The molecule has 1 aliphatic heterocycles. The van der Waals surface area contributed by atoms with Crippen molar-refractivity contribution in [2.45, 2.75) is 38.8 Å². The molecule has 10 heteroatoms. The molecule has 0 spiro atoms. The first-order valence-corrected chi connectivity index (χ1v) is 12.9. The molecule has 0 saturated heterocycles. The number of nitrogens with two attached hydrogens (primary N) is 1. The molecule has 4 rings (SSSR count). The van der Waals surface area contributed by atoms with E-state index in [4.69, 9.17) is 31.5 Å². The Morgan fingerprint density at radius 2 is 2.08 bits per heavy atom. The van der Waals surface area contributed by atoms with E-state index in [2.05, 4.69) is 11.9 Å². The van der Waals surface area contributed by atoms with Gasteiger partial charge < -0.3 is 24.8 Å². The molecule has 36 heavy (non-hydrogen) atoms. The second-order valence-electron chi connectivity index (χ2n) is 8.32. The van der Waals surface area contributed by atoms with Crippen LogP contribution in [0.15, 0.2) is 42.6 Å². The number of esters is 1. The van der Waals surface area contributed by atoms with E-state index in [1.807, 2.05) is 18.2 Å². The summed E-state index contributed by atoms with van der Waals surface area (Å²) in [6, 6.07) is 11.0. The molecular weight excluding hydrogens is 502 g/mol. The maximum atomic E-state index is 13.2. The number of thiophene rings is 1. The lowest BCUT2D eigenvalue weighted by atomic mass is 10.2. The van der Waals surface area contributed by atoms with Crippen molar-refractivity contribution >= 4 is 40.5 Å². The van der Waals surface area contributed by atoms with Crippen LogP contribution in [0.1, 0.15) is 41.4 Å². The maximum Gasteiger partial charge on any atom is 0.320 e. The zero-order valence-electron chi connectivity index (χ0n) is 20.2. The minimum absolute atomic E-state index is 0.0701. The van der Waals surface area contributed by atoms with Crippen LogP contribution in [0.3, 0.4) is 0 Å². The summed E-state index contributed by atoms with van der Waals surface area (Å²) in [6.07, 6.45) is 3.76.